The molecule has 0 saturated heterocycles. The summed E-state index contributed by atoms with van der Waals surface area (Å²) in [7, 11) is 0. The predicted molar refractivity (Wildman–Crippen MR) is 70.8 cm³/mol. The first-order valence-electron chi connectivity index (χ1n) is 5.36. The quantitative estimate of drug-likeness (QED) is 0.661. The summed E-state index contributed by atoms with van der Waals surface area (Å²) in [5.74, 6) is -1.19. The Morgan fingerprint density at radius 1 is 1.40 bits per heavy atom. The van der Waals surface area contributed by atoms with Crippen molar-refractivity contribution in [3.63, 3.8) is 0 Å². The van der Waals surface area contributed by atoms with Crippen LogP contribution in [0.15, 0.2) is 39.4 Å². The van der Waals surface area contributed by atoms with E-state index in [1.807, 2.05) is 0 Å². The molecule has 104 valence electrons. The van der Waals surface area contributed by atoms with E-state index < -0.39 is 16.6 Å². The first kappa shape index (κ1) is 14.1. The molecule has 0 amide bonds. The third kappa shape index (κ3) is 2.97. The van der Waals surface area contributed by atoms with Gasteiger partial charge in [0.05, 0.1) is 4.92 Å². The number of furan rings is 1. The van der Waals surface area contributed by atoms with Crippen LogP contribution >= 0.6 is 15.9 Å². The van der Waals surface area contributed by atoms with Gasteiger partial charge in [-0.15, -0.1) is 0 Å². The number of hydrogen-bond acceptors (Lipinski definition) is 5. The molecule has 0 aliphatic heterocycles. The summed E-state index contributed by atoms with van der Waals surface area (Å²) in [4.78, 5) is 21.3. The molecule has 0 atom stereocenters. The number of rotatable bonds is 5. The zero-order valence-electron chi connectivity index (χ0n) is 9.91. The van der Waals surface area contributed by atoms with Crippen LogP contribution in [0.1, 0.15) is 16.1 Å². The van der Waals surface area contributed by atoms with Crippen molar-refractivity contribution < 1.29 is 24.0 Å². The molecule has 0 fully saturated rings. The van der Waals surface area contributed by atoms with Crippen LogP contribution in [0.5, 0.6) is 5.75 Å². The van der Waals surface area contributed by atoms with Gasteiger partial charge in [0.1, 0.15) is 17.9 Å². The predicted octanol–water partition coefficient (Wildman–Crippen LogP) is 3.23. The summed E-state index contributed by atoms with van der Waals surface area (Å²) in [5, 5.41) is 20.0. The van der Waals surface area contributed by atoms with Gasteiger partial charge in [-0.3, -0.25) is 10.1 Å². The lowest BCUT2D eigenvalue weighted by Gasteiger charge is -2.08. The summed E-state index contributed by atoms with van der Waals surface area (Å²) in [5.41, 5.74) is -0.680. The normalized spacial score (nSPS) is 10.2. The van der Waals surface area contributed by atoms with E-state index in [9.17, 15) is 14.9 Å². The average molecular weight is 342 g/mol. The van der Waals surface area contributed by atoms with Crippen molar-refractivity contribution in [2.24, 2.45) is 0 Å². The molecule has 0 radical (unpaired) electrons. The third-order valence-corrected chi connectivity index (χ3v) is 2.84. The second-order valence-electron chi connectivity index (χ2n) is 3.71. The van der Waals surface area contributed by atoms with Gasteiger partial charge in [0.15, 0.2) is 4.67 Å². The van der Waals surface area contributed by atoms with E-state index in [2.05, 4.69) is 15.9 Å². The molecule has 20 heavy (non-hydrogen) atoms. The Hall–Kier alpha value is -2.35. The fraction of sp³-hybridized carbons (Fsp3) is 0.0833. The lowest BCUT2D eigenvalue weighted by molar-refractivity contribution is -0.386. The van der Waals surface area contributed by atoms with Crippen molar-refractivity contribution in [1.29, 1.82) is 0 Å². The number of benzene rings is 1. The number of carboxylic acids is 1. The Morgan fingerprint density at radius 3 is 2.70 bits per heavy atom. The number of halogens is 1. The number of carbonyl (C=O) groups is 1. The van der Waals surface area contributed by atoms with E-state index in [0.29, 0.717) is 10.4 Å². The standard InChI is InChI=1S/C12H8BrNO6/c13-10-5-4-7(20-10)6-19-11-8(12(15)16)2-1-3-9(11)14(17)18/h1-5H,6H2,(H,15,16). The largest absolute Gasteiger partial charge is 0.478 e. The van der Waals surface area contributed by atoms with E-state index in [0.717, 1.165) is 0 Å². The molecule has 8 heteroatoms. The van der Waals surface area contributed by atoms with E-state index in [4.69, 9.17) is 14.3 Å². The van der Waals surface area contributed by atoms with Crippen molar-refractivity contribution in [3.05, 3.63) is 56.4 Å². The van der Waals surface area contributed by atoms with Gasteiger partial charge in [-0.05, 0) is 34.1 Å². The van der Waals surface area contributed by atoms with E-state index >= 15 is 0 Å². The molecule has 0 aliphatic carbocycles. The van der Waals surface area contributed by atoms with Crippen LogP contribution in [0.25, 0.3) is 0 Å². The van der Waals surface area contributed by atoms with Gasteiger partial charge in [0.2, 0.25) is 5.75 Å². The summed E-state index contributed by atoms with van der Waals surface area (Å²) < 4.78 is 10.9. The van der Waals surface area contributed by atoms with Crippen molar-refractivity contribution in [2.45, 2.75) is 6.61 Å². The first-order valence-corrected chi connectivity index (χ1v) is 6.16. The maximum Gasteiger partial charge on any atom is 0.339 e. The lowest BCUT2D eigenvalue weighted by Crippen LogP contribution is -2.05. The smallest absolute Gasteiger partial charge is 0.339 e. The zero-order valence-corrected chi connectivity index (χ0v) is 11.5. The molecule has 0 saturated carbocycles. The van der Waals surface area contributed by atoms with Crippen LogP contribution in [0.2, 0.25) is 0 Å². The molecule has 0 spiro atoms. The van der Waals surface area contributed by atoms with Gasteiger partial charge in [-0.1, -0.05) is 6.07 Å². The number of nitro benzene ring substituents is 1. The molecule has 0 bridgehead atoms. The van der Waals surface area contributed by atoms with E-state index in [1.165, 1.54) is 18.2 Å². The minimum absolute atomic E-state index is 0.114. The lowest BCUT2D eigenvalue weighted by atomic mass is 10.1. The van der Waals surface area contributed by atoms with Crippen molar-refractivity contribution in [3.8, 4) is 5.75 Å². The molecular weight excluding hydrogens is 334 g/mol. The first-order chi connectivity index (χ1) is 9.49. The Labute approximate surface area is 121 Å². The zero-order chi connectivity index (χ0) is 14.7. The van der Waals surface area contributed by atoms with E-state index in [-0.39, 0.29) is 17.9 Å². The van der Waals surface area contributed by atoms with Gasteiger partial charge in [0.25, 0.3) is 0 Å². The maximum atomic E-state index is 11.1. The highest BCUT2D eigenvalue weighted by Gasteiger charge is 2.23. The van der Waals surface area contributed by atoms with E-state index in [1.54, 1.807) is 12.1 Å². The number of hydrogen-bond donors (Lipinski definition) is 1. The molecule has 0 unspecified atom stereocenters. The summed E-state index contributed by atoms with van der Waals surface area (Å²) in [6.45, 7) is -0.114. The number of aromatic carboxylic acids is 1. The molecule has 1 N–H and O–H groups in total. The number of nitrogens with zero attached hydrogens (tertiary/aromatic N) is 1. The molecule has 7 nitrogen and oxygen atoms in total. The molecule has 1 aromatic heterocycles. The monoisotopic (exact) mass is 341 g/mol. The molecule has 2 rings (SSSR count). The van der Waals surface area contributed by atoms with Gasteiger partial charge in [-0.2, -0.15) is 0 Å². The third-order valence-electron chi connectivity index (χ3n) is 2.41. The van der Waals surface area contributed by atoms with Crippen molar-refractivity contribution in [1.82, 2.24) is 0 Å². The Kier molecular flexibility index (Phi) is 4.04. The molecule has 1 heterocycles. The number of para-hydroxylation sites is 1. The SMILES string of the molecule is O=C(O)c1cccc([N+](=O)[O-])c1OCc1ccc(Br)o1. The summed E-state index contributed by atoms with van der Waals surface area (Å²) >= 11 is 3.11. The van der Waals surface area contributed by atoms with Gasteiger partial charge >= 0.3 is 11.7 Å². The highest BCUT2D eigenvalue weighted by molar-refractivity contribution is 9.10. The summed E-state index contributed by atoms with van der Waals surface area (Å²) in [6.07, 6.45) is 0. The van der Waals surface area contributed by atoms with Crippen LogP contribution in [-0.2, 0) is 6.61 Å². The Bertz CT molecular complexity index is 633. The average Bonchev–Trinajstić information content (AvgIpc) is 2.81. The van der Waals surface area contributed by atoms with Crippen LogP contribution in [0.4, 0.5) is 5.69 Å². The minimum atomic E-state index is -1.30. The van der Waals surface area contributed by atoms with Crippen LogP contribution in [0.3, 0.4) is 0 Å². The molecule has 2 aromatic rings. The van der Waals surface area contributed by atoms with Gasteiger partial charge in [-0.25, -0.2) is 4.79 Å². The topological polar surface area (TPSA) is 103 Å². The number of carboxylic acid groups (broad SMARTS) is 1. The highest BCUT2D eigenvalue weighted by Crippen LogP contribution is 2.31. The fourth-order valence-electron chi connectivity index (χ4n) is 1.56. The van der Waals surface area contributed by atoms with Crippen LogP contribution < -0.4 is 4.74 Å². The second-order valence-corrected chi connectivity index (χ2v) is 4.49. The van der Waals surface area contributed by atoms with Crippen LogP contribution in [0, 0.1) is 10.1 Å². The fourth-order valence-corrected chi connectivity index (χ4v) is 1.90. The van der Waals surface area contributed by atoms with Gasteiger partial charge < -0.3 is 14.3 Å². The van der Waals surface area contributed by atoms with Crippen molar-refractivity contribution in [2.75, 3.05) is 0 Å². The molecular formula is C12H8BrNO6. The Balaban J connectivity index is 2.32. The summed E-state index contributed by atoms with van der Waals surface area (Å²) in [6, 6.07) is 6.95. The van der Waals surface area contributed by atoms with Gasteiger partial charge in [0, 0.05) is 6.07 Å². The second kappa shape index (κ2) is 5.74. The van der Waals surface area contributed by atoms with Crippen molar-refractivity contribution >= 4 is 27.6 Å². The highest BCUT2D eigenvalue weighted by atomic mass is 79.9. The maximum absolute atomic E-state index is 11.1. The van der Waals surface area contributed by atoms with Crippen LogP contribution in [-0.4, -0.2) is 16.0 Å². The number of nitro groups is 1. The number of ether oxygens (including phenoxy) is 1. The minimum Gasteiger partial charge on any atom is -0.478 e. The Morgan fingerprint density at radius 2 is 2.15 bits per heavy atom. The molecule has 0 aliphatic rings. The molecule has 1 aromatic carbocycles.